The summed E-state index contributed by atoms with van der Waals surface area (Å²) in [6.07, 6.45) is 0. The molecule has 1 amide bonds. The predicted molar refractivity (Wildman–Crippen MR) is 73.3 cm³/mol. The second-order valence-corrected chi connectivity index (χ2v) is 4.67. The number of rotatable bonds is 6. The Morgan fingerprint density at radius 1 is 1.33 bits per heavy atom. The minimum Gasteiger partial charge on any atom is -0.396 e. The lowest BCUT2D eigenvalue weighted by atomic mass is 10.0. The zero-order chi connectivity index (χ0) is 13.5. The smallest absolute Gasteiger partial charge is 0.221 e. The standard InChI is InChI=1S/C14H22N2O2/c1-10(9-17)11(2)15-8-13-6-4-5-7-14(13)16-12(3)18/h4-7,10-11,15,17H,8-9H2,1-3H3,(H,16,18). The van der Waals surface area contributed by atoms with Gasteiger partial charge in [-0.25, -0.2) is 0 Å². The van der Waals surface area contributed by atoms with Crippen molar-refractivity contribution in [2.75, 3.05) is 11.9 Å². The third kappa shape index (κ3) is 4.47. The number of carbonyl (C=O) groups excluding carboxylic acids is 1. The Hall–Kier alpha value is -1.39. The van der Waals surface area contributed by atoms with E-state index in [4.69, 9.17) is 5.11 Å². The van der Waals surface area contributed by atoms with Crippen LogP contribution in [0.5, 0.6) is 0 Å². The SMILES string of the molecule is CC(=O)Nc1ccccc1CNC(C)C(C)CO. The third-order valence-electron chi connectivity index (χ3n) is 3.08. The number of hydrogen-bond donors (Lipinski definition) is 3. The highest BCUT2D eigenvalue weighted by atomic mass is 16.3. The number of anilines is 1. The summed E-state index contributed by atoms with van der Waals surface area (Å²) in [5.41, 5.74) is 1.88. The molecule has 0 aliphatic rings. The molecule has 0 aliphatic carbocycles. The van der Waals surface area contributed by atoms with Crippen molar-refractivity contribution in [1.82, 2.24) is 5.32 Å². The van der Waals surface area contributed by atoms with E-state index in [2.05, 4.69) is 10.6 Å². The Balaban J connectivity index is 2.64. The fraction of sp³-hybridized carbons (Fsp3) is 0.500. The lowest BCUT2D eigenvalue weighted by Crippen LogP contribution is -2.33. The maximum Gasteiger partial charge on any atom is 0.221 e. The van der Waals surface area contributed by atoms with E-state index < -0.39 is 0 Å². The van der Waals surface area contributed by atoms with E-state index in [9.17, 15) is 4.79 Å². The highest BCUT2D eigenvalue weighted by molar-refractivity contribution is 5.89. The number of amides is 1. The summed E-state index contributed by atoms with van der Waals surface area (Å²) < 4.78 is 0. The van der Waals surface area contributed by atoms with Crippen LogP contribution in [0.15, 0.2) is 24.3 Å². The van der Waals surface area contributed by atoms with Gasteiger partial charge in [-0.3, -0.25) is 4.79 Å². The van der Waals surface area contributed by atoms with Gasteiger partial charge in [0.2, 0.25) is 5.91 Å². The van der Waals surface area contributed by atoms with E-state index in [1.54, 1.807) is 0 Å². The molecule has 0 heterocycles. The summed E-state index contributed by atoms with van der Waals surface area (Å²) in [5, 5.41) is 15.2. The molecule has 1 rings (SSSR count). The molecule has 2 atom stereocenters. The first-order valence-electron chi connectivity index (χ1n) is 6.24. The van der Waals surface area contributed by atoms with Gasteiger partial charge in [-0.05, 0) is 24.5 Å². The van der Waals surface area contributed by atoms with Gasteiger partial charge < -0.3 is 15.7 Å². The Labute approximate surface area is 108 Å². The van der Waals surface area contributed by atoms with Gasteiger partial charge in [-0.1, -0.05) is 25.1 Å². The Morgan fingerprint density at radius 2 is 2.00 bits per heavy atom. The molecule has 0 aliphatic heterocycles. The molecule has 1 aromatic rings. The van der Waals surface area contributed by atoms with Crippen LogP contribution < -0.4 is 10.6 Å². The first-order chi connectivity index (χ1) is 8.54. The van der Waals surface area contributed by atoms with E-state index in [0.717, 1.165) is 11.3 Å². The van der Waals surface area contributed by atoms with Crippen molar-refractivity contribution in [2.45, 2.75) is 33.4 Å². The van der Waals surface area contributed by atoms with Crippen LogP contribution in [0.25, 0.3) is 0 Å². The van der Waals surface area contributed by atoms with Crippen molar-refractivity contribution in [3.8, 4) is 0 Å². The lowest BCUT2D eigenvalue weighted by molar-refractivity contribution is -0.114. The summed E-state index contributed by atoms with van der Waals surface area (Å²) in [7, 11) is 0. The first-order valence-corrected chi connectivity index (χ1v) is 6.24. The topological polar surface area (TPSA) is 61.4 Å². The predicted octanol–water partition coefficient (Wildman–Crippen LogP) is 1.75. The highest BCUT2D eigenvalue weighted by Gasteiger charge is 2.11. The van der Waals surface area contributed by atoms with Crippen LogP contribution >= 0.6 is 0 Å². The molecule has 18 heavy (non-hydrogen) atoms. The maximum absolute atomic E-state index is 11.1. The first kappa shape index (κ1) is 14.7. The number of carbonyl (C=O) groups is 1. The quantitative estimate of drug-likeness (QED) is 0.721. The molecule has 0 saturated carbocycles. The molecule has 0 fully saturated rings. The fourth-order valence-corrected chi connectivity index (χ4v) is 1.62. The van der Waals surface area contributed by atoms with Gasteiger partial charge in [0.15, 0.2) is 0 Å². The van der Waals surface area contributed by atoms with Gasteiger partial charge in [-0.15, -0.1) is 0 Å². The monoisotopic (exact) mass is 250 g/mol. The molecular weight excluding hydrogens is 228 g/mol. The molecule has 0 bridgehead atoms. The van der Waals surface area contributed by atoms with Crippen LogP contribution in [0.4, 0.5) is 5.69 Å². The average molecular weight is 250 g/mol. The van der Waals surface area contributed by atoms with Crippen molar-refractivity contribution >= 4 is 11.6 Å². The van der Waals surface area contributed by atoms with E-state index in [1.807, 2.05) is 38.1 Å². The normalized spacial score (nSPS) is 14.0. The number of benzene rings is 1. The Morgan fingerprint density at radius 3 is 2.61 bits per heavy atom. The molecule has 3 N–H and O–H groups in total. The second kappa shape index (κ2) is 7.13. The largest absolute Gasteiger partial charge is 0.396 e. The maximum atomic E-state index is 11.1. The van der Waals surface area contributed by atoms with Crippen LogP contribution in [0.2, 0.25) is 0 Å². The Bertz CT molecular complexity index is 393. The molecule has 2 unspecified atom stereocenters. The molecule has 0 saturated heterocycles. The van der Waals surface area contributed by atoms with Crippen molar-refractivity contribution in [3.63, 3.8) is 0 Å². The highest BCUT2D eigenvalue weighted by Crippen LogP contribution is 2.15. The number of nitrogens with one attached hydrogen (secondary N) is 2. The summed E-state index contributed by atoms with van der Waals surface area (Å²) in [4.78, 5) is 11.1. The van der Waals surface area contributed by atoms with E-state index in [1.165, 1.54) is 6.92 Å². The minimum absolute atomic E-state index is 0.0702. The molecule has 100 valence electrons. The minimum atomic E-state index is -0.0702. The average Bonchev–Trinajstić information content (AvgIpc) is 2.35. The van der Waals surface area contributed by atoms with Gasteiger partial charge >= 0.3 is 0 Å². The zero-order valence-corrected chi connectivity index (χ0v) is 11.2. The fourth-order valence-electron chi connectivity index (χ4n) is 1.62. The molecular formula is C14H22N2O2. The Kier molecular flexibility index (Phi) is 5.82. The van der Waals surface area contributed by atoms with E-state index in [-0.39, 0.29) is 24.5 Å². The summed E-state index contributed by atoms with van der Waals surface area (Å²) in [6.45, 7) is 6.38. The van der Waals surface area contributed by atoms with Gasteiger partial charge in [0.1, 0.15) is 0 Å². The molecule has 4 nitrogen and oxygen atoms in total. The van der Waals surface area contributed by atoms with Crippen LogP contribution in [0.3, 0.4) is 0 Å². The summed E-state index contributed by atoms with van der Waals surface area (Å²) in [6, 6.07) is 7.94. The lowest BCUT2D eigenvalue weighted by Gasteiger charge is -2.20. The van der Waals surface area contributed by atoms with Crippen molar-refractivity contribution in [3.05, 3.63) is 29.8 Å². The van der Waals surface area contributed by atoms with Crippen LogP contribution in [-0.4, -0.2) is 23.7 Å². The second-order valence-electron chi connectivity index (χ2n) is 4.67. The van der Waals surface area contributed by atoms with Crippen LogP contribution in [0.1, 0.15) is 26.3 Å². The van der Waals surface area contributed by atoms with Crippen LogP contribution in [0, 0.1) is 5.92 Å². The third-order valence-corrected chi connectivity index (χ3v) is 3.08. The number of para-hydroxylation sites is 1. The van der Waals surface area contributed by atoms with Crippen molar-refractivity contribution in [1.29, 1.82) is 0 Å². The number of aliphatic hydroxyl groups is 1. The van der Waals surface area contributed by atoms with Crippen molar-refractivity contribution < 1.29 is 9.90 Å². The van der Waals surface area contributed by atoms with E-state index in [0.29, 0.717) is 6.54 Å². The van der Waals surface area contributed by atoms with Gasteiger partial charge in [-0.2, -0.15) is 0 Å². The van der Waals surface area contributed by atoms with Gasteiger partial charge in [0.05, 0.1) is 0 Å². The van der Waals surface area contributed by atoms with E-state index >= 15 is 0 Å². The number of aliphatic hydroxyl groups excluding tert-OH is 1. The van der Waals surface area contributed by atoms with Crippen LogP contribution in [-0.2, 0) is 11.3 Å². The van der Waals surface area contributed by atoms with Gasteiger partial charge in [0, 0.05) is 31.8 Å². The molecule has 4 heteroatoms. The molecule has 1 aromatic carbocycles. The van der Waals surface area contributed by atoms with Crippen molar-refractivity contribution in [2.24, 2.45) is 5.92 Å². The molecule has 0 spiro atoms. The molecule has 0 radical (unpaired) electrons. The molecule has 0 aromatic heterocycles. The summed E-state index contributed by atoms with van der Waals surface area (Å²) in [5.74, 6) is 0.136. The van der Waals surface area contributed by atoms with Gasteiger partial charge in [0.25, 0.3) is 0 Å². The zero-order valence-electron chi connectivity index (χ0n) is 11.2. The summed E-state index contributed by atoms with van der Waals surface area (Å²) >= 11 is 0. The number of hydrogen-bond acceptors (Lipinski definition) is 3.